The van der Waals surface area contributed by atoms with Crippen LogP contribution in [0.2, 0.25) is 0 Å². The Morgan fingerprint density at radius 1 is 1.26 bits per heavy atom. The minimum absolute atomic E-state index is 0.266. The van der Waals surface area contributed by atoms with Gasteiger partial charge in [-0.2, -0.15) is 0 Å². The second-order valence-corrected chi connectivity index (χ2v) is 5.23. The van der Waals surface area contributed by atoms with Crippen LogP contribution in [0.4, 0.5) is 0 Å². The molecular weight excluding hydrogens is 242 g/mol. The van der Waals surface area contributed by atoms with Gasteiger partial charge in [0.05, 0.1) is 26.4 Å². The molecule has 1 heterocycles. The quantitative estimate of drug-likeness (QED) is 0.883. The average molecular weight is 265 g/mol. The van der Waals surface area contributed by atoms with Gasteiger partial charge in [-0.1, -0.05) is 18.2 Å². The molecule has 1 N–H and O–H groups in total. The van der Waals surface area contributed by atoms with E-state index in [0.29, 0.717) is 13.2 Å². The highest BCUT2D eigenvalue weighted by Gasteiger charge is 2.27. The van der Waals surface area contributed by atoms with Crippen LogP contribution in [0.25, 0.3) is 0 Å². The van der Waals surface area contributed by atoms with Crippen LogP contribution in [0, 0.1) is 0 Å². The van der Waals surface area contributed by atoms with E-state index in [1.807, 2.05) is 32.0 Å². The largest absolute Gasteiger partial charge is 0.496 e. The van der Waals surface area contributed by atoms with Crippen molar-refractivity contribution in [2.45, 2.75) is 32.1 Å². The molecule has 106 valence electrons. The molecule has 2 rings (SSSR count). The zero-order valence-corrected chi connectivity index (χ0v) is 11.9. The summed E-state index contributed by atoms with van der Waals surface area (Å²) in [6.45, 7) is 6.16. The number of benzene rings is 1. The third-order valence-corrected chi connectivity index (χ3v) is 3.28. The Balaban J connectivity index is 1.75. The fourth-order valence-electron chi connectivity index (χ4n) is 2.13. The van der Waals surface area contributed by atoms with E-state index in [1.165, 1.54) is 5.56 Å². The van der Waals surface area contributed by atoms with Crippen molar-refractivity contribution in [3.8, 4) is 5.75 Å². The molecule has 0 spiro atoms. The fraction of sp³-hybridized carbons (Fsp3) is 0.600. The van der Waals surface area contributed by atoms with Crippen molar-refractivity contribution in [2.75, 3.05) is 26.9 Å². The van der Waals surface area contributed by atoms with Gasteiger partial charge in [-0.25, -0.2) is 0 Å². The van der Waals surface area contributed by atoms with Gasteiger partial charge in [0.15, 0.2) is 5.79 Å². The number of para-hydroxylation sites is 1. The van der Waals surface area contributed by atoms with Crippen molar-refractivity contribution < 1.29 is 14.2 Å². The van der Waals surface area contributed by atoms with Crippen LogP contribution in [0.15, 0.2) is 24.3 Å². The summed E-state index contributed by atoms with van der Waals surface area (Å²) in [7, 11) is 1.71. The predicted molar refractivity (Wildman–Crippen MR) is 74.5 cm³/mol. The van der Waals surface area contributed by atoms with Crippen molar-refractivity contribution in [3.63, 3.8) is 0 Å². The number of rotatable bonds is 5. The molecular formula is C15H23NO3. The topological polar surface area (TPSA) is 39.7 Å². The highest BCUT2D eigenvalue weighted by molar-refractivity contribution is 5.33. The number of methoxy groups -OCH3 is 1. The Kier molecular flexibility index (Phi) is 4.80. The minimum Gasteiger partial charge on any atom is -0.496 e. The summed E-state index contributed by atoms with van der Waals surface area (Å²) in [6, 6.07) is 8.37. The Hall–Kier alpha value is -1.10. The zero-order valence-electron chi connectivity index (χ0n) is 11.9. The molecule has 0 radical (unpaired) electrons. The number of ether oxygens (including phenoxy) is 3. The molecule has 4 heteroatoms. The zero-order chi connectivity index (χ0) is 13.7. The van der Waals surface area contributed by atoms with Crippen LogP contribution in [-0.2, 0) is 15.9 Å². The first-order valence-electron chi connectivity index (χ1n) is 6.74. The molecule has 1 aromatic rings. The molecule has 19 heavy (non-hydrogen) atoms. The van der Waals surface area contributed by atoms with E-state index in [-0.39, 0.29) is 6.04 Å². The fourth-order valence-corrected chi connectivity index (χ4v) is 2.13. The first kappa shape index (κ1) is 14.3. The van der Waals surface area contributed by atoms with Crippen LogP contribution in [0.5, 0.6) is 5.75 Å². The first-order valence-corrected chi connectivity index (χ1v) is 6.74. The maximum atomic E-state index is 5.62. The van der Waals surface area contributed by atoms with Crippen LogP contribution in [-0.4, -0.2) is 38.7 Å². The van der Waals surface area contributed by atoms with Gasteiger partial charge in [-0.3, -0.25) is 0 Å². The SMILES string of the molecule is COc1ccccc1CCNC1COC(C)(C)OC1. The van der Waals surface area contributed by atoms with Gasteiger partial charge in [-0.15, -0.1) is 0 Å². The van der Waals surface area contributed by atoms with Gasteiger partial charge < -0.3 is 19.5 Å². The maximum Gasteiger partial charge on any atom is 0.162 e. The summed E-state index contributed by atoms with van der Waals surface area (Å²) < 4.78 is 16.6. The molecule has 1 aromatic carbocycles. The Morgan fingerprint density at radius 3 is 2.63 bits per heavy atom. The molecule has 1 saturated heterocycles. The molecule has 1 aliphatic heterocycles. The third-order valence-electron chi connectivity index (χ3n) is 3.28. The lowest BCUT2D eigenvalue weighted by Gasteiger charge is -2.35. The Bertz CT molecular complexity index is 396. The van der Waals surface area contributed by atoms with Gasteiger partial charge >= 0.3 is 0 Å². The molecule has 0 saturated carbocycles. The molecule has 0 bridgehead atoms. The van der Waals surface area contributed by atoms with Gasteiger partial charge in [0, 0.05) is 0 Å². The van der Waals surface area contributed by atoms with E-state index in [9.17, 15) is 0 Å². The summed E-state index contributed by atoms with van der Waals surface area (Å²) in [4.78, 5) is 0. The number of hydrogen-bond acceptors (Lipinski definition) is 4. The van der Waals surface area contributed by atoms with E-state index in [1.54, 1.807) is 7.11 Å². The van der Waals surface area contributed by atoms with E-state index >= 15 is 0 Å². The predicted octanol–water partition coefficient (Wildman–Crippen LogP) is 1.98. The Morgan fingerprint density at radius 2 is 1.95 bits per heavy atom. The normalized spacial score (nSPS) is 19.3. The Labute approximate surface area is 115 Å². The van der Waals surface area contributed by atoms with Crippen molar-refractivity contribution in [1.82, 2.24) is 5.32 Å². The standard InChI is InChI=1S/C15H23NO3/c1-15(2)18-10-13(11-19-15)16-9-8-12-6-4-5-7-14(12)17-3/h4-7,13,16H,8-11H2,1-3H3. The molecule has 0 unspecified atom stereocenters. The number of hydrogen-bond donors (Lipinski definition) is 1. The molecule has 1 fully saturated rings. The monoisotopic (exact) mass is 265 g/mol. The molecule has 0 aromatic heterocycles. The first-order chi connectivity index (χ1) is 9.11. The van der Waals surface area contributed by atoms with Crippen LogP contribution >= 0.6 is 0 Å². The van der Waals surface area contributed by atoms with Crippen molar-refractivity contribution in [1.29, 1.82) is 0 Å². The van der Waals surface area contributed by atoms with E-state index < -0.39 is 5.79 Å². The van der Waals surface area contributed by atoms with Gasteiger partial charge in [0.25, 0.3) is 0 Å². The van der Waals surface area contributed by atoms with E-state index in [4.69, 9.17) is 14.2 Å². The summed E-state index contributed by atoms with van der Waals surface area (Å²) >= 11 is 0. The highest BCUT2D eigenvalue weighted by atomic mass is 16.7. The summed E-state index contributed by atoms with van der Waals surface area (Å²) in [5.74, 6) is 0.502. The van der Waals surface area contributed by atoms with Gasteiger partial charge in [-0.05, 0) is 38.4 Å². The summed E-state index contributed by atoms with van der Waals surface area (Å²) in [5, 5.41) is 3.45. The third kappa shape index (κ3) is 4.20. The average Bonchev–Trinajstić information content (AvgIpc) is 2.41. The molecule has 0 amide bonds. The van der Waals surface area contributed by atoms with E-state index in [0.717, 1.165) is 18.7 Å². The van der Waals surface area contributed by atoms with Crippen molar-refractivity contribution in [2.24, 2.45) is 0 Å². The number of nitrogens with one attached hydrogen (secondary N) is 1. The molecule has 0 atom stereocenters. The van der Waals surface area contributed by atoms with Crippen molar-refractivity contribution in [3.05, 3.63) is 29.8 Å². The molecule has 1 aliphatic rings. The second-order valence-electron chi connectivity index (χ2n) is 5.23. The molecule has 4 nitrogen and oxygen atoms in total. The van der Waals surface area contributed by atoms with Crippen molar-refractivity contribution >= 4 is 0 Å². The van der Waals surface area contributed by atoms with Gasteiger partial charge in [0.1, 0.15) is 5.75 Å². The maximum absolute atomic E-state index is 5.62. The lowest BCUT2D eigenvalue weighted by Crippen LogP contribution is -2.48. The second kappa shape index (κ2) is 6.37. The highest BCUT2D eigenvalue weighted by Crippen LogP contribution is 2.18. The summed E-state index contributed by atoms with van der Waals surface area (Å²) in [6.07, 6.45) is 0.934. The molecule has 0 aliphatic carbocycles. The van der Waals surface area contributed by atoms with E-state index in [2.05, 4.69) is 11.4 Å². The van der Waals surface area contributed by atoms with Crippen LogP contribution < -0.4 is 10.1 Å². The lowest BCUT2D eigenvalue weighted by molar-refractivity contribution is -0.252. The minimum atomic E-state index is -0.444. The van der Waals surface area contributed by atoms with Crippen LogP contribution in [0.1, 0.15) is 19.4 Å². The summed E-state index contributed by atoms with van der Waals surface area (Å²) in [5.41, 5.74) is 1.22. The van der Waals surface area contributed by atoms with Gasteiger partial charge in [0.2, 0.25) is 0 Å². The lowest BCUT2D eigenvalue weighted by atomic mass is 10.1. The smallest absolute Gasteiger partial charge is 0.162 e. The van der Waals surface area contributed by atoms with Crippen LogP contribution in [0.3, 0.4) is 0 Å².